The number of rotatable bonds is 5. The molecule has 0 heterocycles. The summed E-state index contributed by atoms with van der Waals surface area (Å²) in [6, 6.07) is 0. The smallest absolute Gasteiger partial charge is 0.294 e. The lowest BCUT2D eigenvalue weighted by Crippen LogP contribution is -2.27. The van der Waals surface area contributed by atoms with Gasteiger partial charge in [-0.2, -0.15) is 0 Å². The van der Waals surface area contributed by atoms with Gasteiger partial charge in [-0.15, -0.1) is 10.1 Å². The molecule has 0 bridgehead atoms. The molecule has 0 aromatic carbocycles. The molecule has 1 fully saturated rings. The second kappa shape index (κ2) is 5.90. The third-order valence-electron chi connectivity index (χ3n) is 3.47. The average molecular weight is 216 g/mol. The molecule has 5 heteroatoms. The molecule has 0 radical (unpaired) electrons. The largest absolute Gasteiger partial charge is 0.330 e. The molecule has 15 heavy (non-hydrogen) atoms. The van der Waals surface area contributed by atoms with Crippen molar-refractivity contribution in [2.24, 2.45) is 23.5 Å². The standard InChI is InChI=1S/C10H20N2O3/c1-8(7-15-12(13)14)10-4-2-9(6-11)3-5-10/h8-10H,2-7,11H2,1H3. The van der Waals surface area contributed by atoms with Crippen molar-refractivity contribution in [2.45, 2.75) is 32.6 Å². The van der Waals surface area contributed by atoms with Crippen molar-refractivity contribution < 1.29 is 9.92 Å². The molecule has 1 rings (SSSR count). The van der Waals surface area contributed by atoms with E-state index >= 15 is 0 Å². The van der Waals surface area contributed by atoms with Crippen LogP contribution in [0.25, 0.3) is 0 Å². The number of hydrogen-bond acceptors (Lipinski definition) is 4. The van der Waals surface area contributed by atoms with Gasteiger partial charge in [0.2, 0.25) is 0 Å². The van der Waals surface area contributed by atoms with Crippen LogP contribution in [0.1, 0.15) is 32.6 Å². The fourth-order valence-corrected chi connectivity index (χ4v) is 2.31. The van der Waals surface area contributed by atoms with E-state index in [-0.39, 0.29) is 12.5 Å². The third kappa shape index (κ3) is 4.03. The maximum atomic E-state index is 10.1. The maximum Gasteiger partial charge on any atom is 0.294 e. The molecule has 1 aliphatic rings. The maximum absolute atomic E-state index is 10.1. The zero-order valence-corrected chi connectivity index (χ0v) is 9.22. The molecule has 0 aromatic heterocycles. The molecule has 5 nitrogen and oxygen atoms in total. The van der Waals surface area contributed by atoms with Crippen LogP contribution in [0.2, 0.25) is 0 Å². The van der Waals surface area contributed by atoms with Gasteiger partial charge in [0.05, 0.1) is 6.61 Å². The van der Waals surface area contributed by atoms with Crippen LogP contribution >= 0.6 is 0 Å². The predicted molar refractivity (Wildman–Crippen MR) is 56.6 cm³/mol. The van der Waals surface area contributed by atoms with Crippen molar-refractivity contribution in [3.8, 4) is 0 Å². The molecule has 1 saturated carbocycles. The molecule has 1 atom stereocenters. The molecule has 1 aliphatic carbocycles. The van der Waals surface area contributed by atoms with Crippen molar-refractivity contribution in [3.05, 3.63) is 10.1 Å². The first-order valence-electron chi connectivity index (χ1n) is 5.60. The Labute approximate surface area is 90.1 Å². The monoisotopic (exact) mass is 216 g/mol. The van der Waals surface area contributed by atoms with Crippen LogP contribution in [0.15, 0.2) is 0 Å². The highest BCUT2D eigenvalue weighted by Gasteiger charge is 2.24. The van der Waals surface area contributed by atoms with Crippen molar-refractivity contribution in [1.82, 2.24) is 0 Å². The third-order valence-corrected chi connectivity index (χ3v) is 3.47. The Morgan fingerprint density at radius 2 is 2.07 bits per heavy atom. The Morgan fingerprint density at radius 3 is 2.53 bits per heavy atom. The Bertz CT molecular complexity index is 203. The Morgan fingerprint density at radius 1 is 1.47 bits per heavy atom. The van der Waals surface area contributed by atoms with E-state index in [1.165, 1.54) is 0 Å². The van der Waals surface area contributed by atoms with Crippen molar-refractivity contribution >= 4 is 0 Å². The minimum atomic E-state index is -0.706. The molecule has 0 amide bonds. The highest BCUT2D eigenvalue weighted by atomic mass is 16.9. The van der Waals surface area contributed by atoms with Gasteiger partial charge >= 0.3 is 0 Å². The van der Waals surface area contributed by atoms with Crippen LogP contribution in [0.4, 0.5) is 0 Å². The van der Waals surface area contributed by atoms with Gasteiger partial charge in [0.15, 0.2) is 0 Å². The van der Waals surface area contributed by atoms with Crippen LogP contribution in [0, 0.1) is 27.9 Å². The van der Waals surface area contributed by atoms with Crippen LogP contribution in [-0.2, 0) is 4.84 Å². The summed E-state index contributed by atoms with van der Waals surface area (Å²) in [5.41, 5.74) is 5.61. The van der Waals surface area contributed by atoms with E-state index in [4.69, 9.17) is 5.73 Å². The van der Waals surface area contributed by atoms with Crippen molar-refractivity contribution in [1.29, 1.82) is 0 Å². The molecule has 1 unspecified atom stereocenters. The molecular weight excluding hydrogens is 196 g/mol. The summed E-state index contributed by atoms with van der Waals surface area (Å²) in [5.74, 6) is 1.49. The summed E-state index contributed by atoms with van der Waals surface area (Å²) in [7, 11) is 0. The van der Waals surface area contributed by atoms with Gasteiger partial charge in [-0.3, -0.25) is 0 Å². The summed E-state index contributed by atoms with van der Waals surface area (Å²) in [6.45, 7) is 3.02. The van der Waals surface area contributed by atoms with Gasteiger partial charge in [0, 0.05) is 0 Å². The summed E-state index contributed by atoms with van der Waals surface area (Å²) in [4.78, 5) is 14.5. The molecule has 2 N–H and O–H groups in total. The van der Waals surface area contributed by atoms with Crippen LogP contribution in [0.3, 0.4) is 0 Å². The van der Waals surface area contributed by atoms with Gasteiger partial charge < -0.3 is 10.6 Å². The molecule has 0 spiro atoms. The van der Waals surface area contributed by atoms with E-state index in [1.807, 2.05) is 6.92 Å². The van der Waals surface area contributed by atoms with E-state index in [0.29, 0.717) is 11.8 Å². The highest BCUT2D eigenvalue weighted by Crippen LogP contribution is 2.32. The molecule has 88 valence electrons. The predicted octanol–water partition coefficient (Wildman–Crippen LogP) is 1.60. The number of hydrogen-bond donors (Lipinski definition) is 1. The lowest BCUT2D eigenvalue weighted by Gasteiger charge is -2.31. The van der Waals surface area contributed by atoms with Crippen LogP contribution < -0.4 is 5.73 Å². The first-order chi connectivity index (χ1) is 7.13. The summed E-state index contributed by atoms with van der Waals surface area (Å²) in [5, 5.41) is 9.35. The Kier molecular flexibility index (Phi) is 4.81. The van der Waals surface area contributed by atoms with E-state index in [9.17, 15) is 10.1 Å². The van der Waals surface area contributed by atoms with Crippen molar-refractivity contribution in [3.63, 3.8) is 0 Å². The number of nitrogens with two attached hydrogens (primary N) is 1. The molecule has 0 aromatic rings. The first kappa shape index (κ1) is 12.2. The Hall–Kier alpha value is -0.840. The van der Waals surface area contributed by atoms with Gasteiger partial charge in [0.1, 0.15) is 0 Å². The Balaban J connectivity index is 2.23. The molecular formula is C10H20N2O3. The second-order valence-corrected chi connectivity index (χ2v) is 4.51. The van der Waals surface area contributed by atoms with E-state index in [1.54, 1.807) is 0 Å². The lowest BCUT2D eigenvalue weighted by molar-refractivity contribution is -0.759. The lowest BCUT2D eigenvalue weighted by atomic mass is 9.77. The summed E-state index contributed by atoms with van der Waals surface area (Å²) < 4.78 is 0. The average Bonchev–Trinajstić information content (AvgIpc) is 2.26. The topological polar surface area (TPSA) is 78.4 Å². The summed E-state index contributed by atoms with van der Waals surface area (Å²) in [6.07, 6.45) is 4.57. The summed E-state index contributed by atoms with van der Waals surface area (Å²) >= 11 is 0. The van der Waals surface area contributed by atoms with E-state index in [0.717, 1.165) is 32.2 Å². The quantitative estimate of drug-likeness (QED) is 0.559. The van der Waals surface area contributed by atoms with Crippen LogP contribution in [-0.4, -0.2) is 18.2 Å². The molecule has 0 saturated heterocycles. The minimum Gasteiger partial charge on any atom is -0.330 e. The van der Waals surface area contributed by atoms with Gasteiger partial charge in [0.25, 0.3) is 5.09 Å². The molecule has 0 aliphatic heterocycles. The van der Waals surface area contributed by atoms with E-state index in [2.05, 4.69) is 4.84 Å². The van der Waals surface area contributed by atoms with E-state index < -0.39 is 5.09 Å². The van der Waals surface area contributed by atoms with Crippen LogP contribution in [0.5, 0.6) is 0 Å². The number of nitrogens with zero attached hydrogens (tertiary/aromatic N) is 1. The minimum absolute atomic E-state index is 0.227. The van der Waals surface area contributed by atoms with Gasteiger partial charge in [-0.05, 0) is 50.0 Å². The SMILES string of the molecule is CC(CO[N+](=O)[O-])C1CCC(CN)CC1. The fourth-order valence-electron chi connectivity index (χ4n) is 2.31. The normalized spacial score (nSPS) is 28.4. The zero-order valence-electron chi connectivity index (χ0n) is 9.22. The highest BCUT2D eigenvalue weighted by molar-refractivity contribution is 4.76. The van der Waals surface area contributed by atoms with Crippen molar-refractivity contribution in [2.75, 3.05) is 13.2 Å². The fraction of sp³-hybridized carbons (Fsp3) is 1.00. The van der Waals surface area contributed by atoms with Gasteiger partial charge in [-0.1, -0.05) is 6.92 Å². The zero-order chi connectivity index (χ0) is 11.3. The second-order valence-electron chi connectivity index (χ2n) is 4.51. The van der Waals surface area contributed by atoms with Gasteiger partial charge in [-0.25, -0.2) is 0 Å². The first-order valence-corrected chi connectivity index (χ1v) is 5.60.